The fraction of sp³-hybridized carbons (Fsp3) is 0.481. The van der Waals surface area contributed by atoms with Crippen LogP contribution < -0.4 is 15.1 Å². The molecule has 180 valence electrons. The maximum atomic E-state index is 12.9. The monoisotopic (exact) mass is 477 g/mol. The Morgan fingerprint density at radius 2 is 1.91 bits per heavy atom. The molecule has 6 nitrogen and oxygen atoms in total. The van der Waals surface area contributed by atoms with Crippen molar-refractivity contribution >= 4 is 38.8 Å². The SMILES string of the molecule is Cc1cc2c(N3CCCC(C(=O)NCCCN4CCN(c5ccccc5)CC4)C3)nccc2s1. The molecule has 2 fully saturated rings. The number of piperidine rings is 1. The van der Waals surface area contributed by atoms with Gasteiger partial charge in [0.2, 0.25) is 5.91 Å². The number of nitrogens with one attached hydrogen (secondary N) is 1. The second-order valence-electron chi connectivity index (χ2n) is 9.50. The number of amides is 1. The van der Waals surface area contributed by atoms with Crippen LogP contribution in [0.3, 0.4) is 0 Å². The highest BCUT2D eigenvalue weighted by Crippen LogP contribution is 2.33. The molecule has 0 spiro atoms. The van der Waals surface area contributed by atoms with Crippen LogP contribution in [0.25, 0.3) is 10.1 Å². The number of fused-ring (bicyclic) bond motifs is 1. The van der Waals surface area contributed by atoms with Crippen molar-refractivity contribution in [1.82, 2.24) is 15.2 Å². The van der Waals surface area contributed by atoms with E-state index in [1.54, 1.807) is 0 Å². The number of rotatable bonds is 7. The summed E-state index contributed by atoms with van der Waals surface area (Å²) in [6, 6.07) is 15.0. The van der Waals surface area contributed by atoms with Crippen LogP contribution in [0, 0.1) is 12.8 Å². The van der Waals surface area contributed by atoms with E-state index in [0.717, 1.165) is 77.4 Å². The molecule has 0 bridgehead atoms. The quantitative estimate of drug-likeness (QED) is 0.518. The van der Waals surface area contributed by atoms with Gasteiger partial charge in [-0.15, -0.1) is 11.3 Å². The minimum atomic E-state index is 0.0416. The fourth-order valence-electron chi connectivity index (χ4n) is 5.24. The van der Waals surface area contributed by atoms with Crippen LogP contribution in [0.4, 0.5) is 11.5 Å². The van der Waals surface area contributed by atoms with Gasteiger partial charge in [0.25, 0.3) is 0 Å². The van der Waals surface area contributed by atoms with Gasteiger partial charge < -0.3 is 15.1 Å². The van der Waals surface area contributed by atoms with Crippen LogP contribution in [-0.4, -0.2) is 68.1 Å². The third-order valence-corrected chi connectivity index (χ3v) is 8.10. The molecule has 2 saturated heterocycles. The number of piperazine rings is 1. The largest absolute Gasteiger partial charge is 0.369 e. The van der Waals surface area contributed by atoms with Crippen LogP contribution in [-0.2, 0) is 4.79 Å². The molecule has 0 saturated carbocycles. The first-order chi connectivity index (χ1) is 16.7. The lowest BCUT2D eigenvalue weighted by Gasteiger charge is -2.36. The van der Waals surface area contributed by atoms with Crippen LogP contribution in [0.2, 0.25) is 0 Å². The maximum absolute atomic E-state index is 12.9. The minimum Gasteiger partial charge on any atom is -0.369 e. The number of benzene rings is 1. The van der Waals surface area contributed by atoms with Crippen molar-refractivity contribution < 1.29 is 4.79 Å². The molecule has 2 aliphatic heterocycles. The summed E-state index contributed by atoms with van der Waals surface area (Å²) >= 11 is 1.81. The molecule has 0 radical (unpaired) electrons. The van der Waals surface area contributed by atoms with Gasteiger partial charge in [0.15, 0.2) is 0 Å². The zero-order valence-corrected chi connectivity index (χ0v) is 20.9. The normalized spacial score (nSPS) is 19.5. The standard InChI is InChI=1S/C27H35N5OS/c1-21-19-24-25(34-21)10-12-28-26(24)32-14-5-7-22(20-32)27(33)29-11-6-13-30-15-17-31(18-16-30)23-8-3-2-4-9-23/h2-4,8-10,12,19,22H,5-7,11,13-18,20H2,1H3,(H,29,33). The third kappa shape index (κ3) is 5.36. The summed E-state index contributed by atoms with van der Waals surface area (Å²) in [6.45, 7) is 9.98. The van der Waals surface area contributed by atoms with E-state index in [1.165, 1.54) is 20.7 Å². The zero-order chi connectivity index (χ0) is 23.3. The second-order valence-corrected chi connectivity index (χ2v) is 10.8. The number of para-hydroxylation sites is 1. The van der Waals surface area contributed by atoms with Gasteiger partial charge in [-0.25, -0.2) is 4.98 Å². The lowest BCUT2D eigenvalue weighted by Crippen LogP contribution is -2.47. The lowest BCUT2D eigenvalue weighted by molar-refractivity contribution is -0.125. The van der Waals surface area contributed by atoms with Crippen LogP contribution in [0.1, 0.15) is 24.1 Å². The van der Waals surface area contributed by atoms with Crippen molar-refractivity contribution in [2.24, 2.45) is 5.92 Å². The van der Waals surface area contributed by atoms with E-state index in [0.29, 0.717) is 0 Å². The highest BCUT2D eigenvalue weighted by Gasteiger charge is 2.27. The Bertz CT molecular complexity index is 1090. The van der Waals surface area contributed by atoms with E-state index in [2.05, 4.69) is 74.4 Å². The topological polar surface area (TPSA) is 51.7 Å². The lowest BCUT2D eigenvalue weighted by atomic mass is 9.97. The summed E-state index contributed by atoms with van der Waals surface area (Å²) in [6.07, 6.45) is 4.90. The van der Waals surface area contributed by atoms with Gasteiger partial charge >= 0.3 is 0 Å². The smallest absolute Gasteiger partial charge is 0.224 e. The number of hydrogen-bond donors (Lipinski definition) is 1. The van der Waals surface area contributed by atoms with Gasteiger partial charge in [-0.2, -0.15) is 0 Å². The first kappa shape index (κ1) is 23.1. The molecular weight excluding hydrogens is 442 g/mol. The Kier molecular flexibility index (Phi) is 7.30. The Morgan fingerprint density at radius 1 is 1.09 bits per heavy atom. The van der Waals surface area contributed by atoms with Gasteiger partial charge in [0.1, 0.15) is 5.82 Å². The highest BCUT2D eigenvalue weighted by atomic mass is 32.1. The molecule has 0 aliphatic carbocycles. The molecule has 3 aromatic rings. The molecule has 2 aromatic heterocycles. The molecule has 1 amide bonds. The predicted octanol–water partition coefficient (Wildman–Crippen LogP) is 4.15. The summed E-state index contributed by atoms with van der Waals surface area (Å²) in [4.78, 5) is 26.2. The average molecular weight is 478 g/mol. The molecule has 1 N–H and O–H groups in total. The van der Waals surface area contributed by atoms with Gasteiger partial charge in [-0.3, -0.25) is 9.69 Å². The summed E-state index contributed by atoms with van der Waals surface area (Å²) in [7, 11) is 0. The van der Waals surface area contributed by atoms with Gasteiger partial charge in [-0.1, -0.05) is 18.2 Å². The highest BCUT2D eigenvalue weighted by molar-refractivity contribution is 7.19. The fourth-order valence-corrected chi connectivity index (χ4v) is 6.15. The summed E-state index contributed by atoms with van der Waals surface area (Å²) in [5.41, 5.74) is 1.32. The summed E-state index contributed by atoms with van der Waals surface area (Å²) in [5.74, 6) is 1.28. The molecule has 1 aromatic carbocycles. The number of aryl methyl sites for hydroxylation is 1. The molecule has 1 unspecified atom stereocenters. The van der Waals surface area contributed by atoms with Crippen LogP contribution in [0.15, 0.2) is 48.7 Å². The van der Waals surface area contributed by atoms with E-state index in [1.807, 2.05) is 17.5 Å². The third-order valence-electron chi connectivity index (χ3n) is 7.08. The minimum absolute atomic E-state index is 0.0416. The summed E-state index contributed by atoms with van der Waals surface area (Å²) < 4.78 is 1.28. The maximum Gasteiger partial charge on any atom is 0.224 e. The van der Waals surface area contributed by atoms with E-state index in [4.69, 9.17) is 0 Å². The second kappa shape index (κ2) is 10.7. The van der Waals surface area contributed by atoms with Crippen molar-refractivity contribution in [3.05, 3.63) is 53.5 Å². The predicted molar refractivity (Wildman–Crippen MR) is 142 cm³/mol. The van der Waals surface area contributed by atoms with Crippen molar-refractivity contribution in [3.8, 4) is 0 Å². The van der Waals surface area contributed by atoms with Gasteiger partial charge in [0, 0.05) is 72.7 Å². The Morgan fingerprint density at radius 3 is 2.74 bits per heavy atom. The van der Waals surface area contributed by atoms with Crippen molar-refractivity contribution in [2.45, 2.75) is 26.2 Å². The van der Waals surface area contributed by atoms with E-state index < -0.39 is 0 Å². The number of aromatic nitrogens is 1. The van der Waals surface area contributed by atoms with Gasteiger partial charge in [-0.05, 0) is 57.0 Å². The number of carbonyl (C=O) groups excluding carboxylic acids is 1. The number of thiophene rings is 1. The van der Waals surface area contributed by atoms with Crippen molar-refractivity contribution in [1.29, 1.82) is 0 Å². The van der Waals surface area contributed by atoms with E-state index >= 15 is 0 Å². The average Bonchev–Trinajstić information content (AvgIpc) is 3.28. The molecule has 7 heteroatoms. The Labute approximate surface area is 206 Å². The Hall–Kier alpha value is -2.64. The molecule has 1 atom stereocenters. The number of nitrogens with zero attached hydrogens (tertiary/aromatic N) is 4. The number of carbonyl (C=O) groups is 1. The molecule has 2 aliphatic rings. The summed E-state index contributed by atoms with van der Waals surface area (Å²) in [5, 5.41) is 4.44. The number of pyridine rings is 1. The first-order valence-electron chi connectivity index (χ1n) is 12.6. The molecular formula is C27H35N5OS. The molecule has 34 heavy (non-hydrogen) atoms. The van der Waals surface area contributed by atoms with Crippen molar-refractivity contribution in [3.63, 3.8) is 0 Å². The first-order valence-corrected chi connectivity index (χ1v) is 13.4. The zero-order valence-electron chi connectivity index (χ0n) is 20.1. The van der Waals surface area contributed by atoms with Crippen molar-refractivity contribution in [2.75, 3.05) is 62.2 Å². The van der Waals surface area contributed by atoms with E-state index in [9.17, 15) is 4.79 Å². The number of hydrogen-bond acceptors (Lipinski definition) is 6. The van der Waals surface area contributed by atoms with Crippen LogP contribution in [0.5, 0.6) is 0 Å². The number of anilines is 2. The molecule has 4 heterocycles. The molecule has 5 rings (SSSR count). The van der Waals surface area contributed by atoms with Gasteiger partial charge in [0.05, 0.1) is 5.92 Å². The Balaban J connectivity index is 1.06. The van der Waals surface area contributed by atoms with E-state index in [-0.39, 0.29) is 11.8 Å². The van der Waals surface area contributed by atoms with Crippen LogP contribution >= 0.6 is 11.3 Å².